The molecule has 0 unspecified atom stereocenters. The van der Waals surface area contributed by atoms with E-state index in [9.17, 15) is 9.50 Å². The number of halogens is 1. The second-order valence-electron chi connectivity index (χ2n) is 4.74. The molecule has 0 aliphatic carbocycles. The Kier molecular flexibility index (Phi) is 4.51. The maximum atomic E-state index is 12.9. The van der Waals surface area contributed by atoms with E-state index in [0.717, 1.165) is 20.9 Å². The molecule has 0 bridgehead atoms. The third-order valence-electron chi connectivity index (χ3n) is 3.01. The zero-order valence-electron chi connectivity index (χ0n) is 11.1. The monoisotopic (exact) mass is 276 g/mol. The highest BCUT2D eigenvalue weighted by Crippen LogP contribution is 2.30. The first-order chi connectivity index (χ1) is 9.10. The summed E-state index contributed by atoms with van der Waals surface area (Å²) in [6.45, 7) is 4.22. The van der Waals surface area contributed by atoms with E-state index in [1.807, 2.05) is 18.2 Å². The van der Waals surface area contributed by atoms with Crippen molar-refractivity contribution < 1.29 is 9.50 Å². The van der Waals surface area contributed by atoms with Crippen LogP contribution in [0.25, 0.3) is 16.5 Å². The van der Waals surface area contributed by atoms with Gasteiger partial charge >= 0.3 is 0 Å². The number of hydrogen-bond acceptors (Lipinski definition) is 2. The van der Waals surface area contributed by atoms with Crippen molar-refractivity contribution in [2.75, 3.05) is 6.61 Å². The van der Waals surface area contributed by atoms with E-state index in [1.165, 1.54) is 12.1 Å². The van der Waals surface area contributed by atoms with E-state index in [1.54, 1.807) is 23.5 Å². The third kappa shape index (κ3) is 3.52. The first-order valence-electron chi connectivity index (χ1n) is 6.27. The molecule has 3 heteroatoms. The van der Waals surface area contributed by atoms with Crippen LogP contribution in [-0.4, -0.2) is 11.7 Å². The normalized spacial score (nSPS) is 12.2. The van der Waals surface area contributed by atoms with Crippen LogP contribution in [-0.2, 0) is 0 Å². The Labute approximate surface area is 117 Å². The largest absolute Gasteiger partial charge is 0.392 e. The topological polar surface area (TPSA) is 20.2 Å². The van der Waals surface area contributed by atoms with Crippen LogP contribution < -0.4 is 0 Å². The average Bonchev–Trinajstić information content (AvgIpc) is 2.85. The molecule has 0 fully saturated rings. The fraction of sp³-hybridized carbons (Fsp3) is 0.250. The van der Waals surface area contributed by atoms with Crippen LogP contribution in [0, 0.1) is 11.7 Å². The molecule has 2 rings (SSSR count). The molecule has 0 spiro atoms. The van der Waals surface area contributed by atoms with E-state index in [-0.39, 0.29) is 12.4 Å². The minimum absolute atomic E-state index is 0.0848. The second-order valence-corrected chi connectivity index (χ2v) is 5.86. The maximum absolute atomic E-state index is 12.9. The minimum Gasteiger partial charge on any atom is -0.392 e. The summed E-state index contributed by atoms with van der Waals surface area (Å²) in [4.78, 5) is 2.21. The predicted octanol–water partition coefficient (Wildman–Crippen LogP) is 4.59. The van der Waals surface area contributed by atoms with Gasteiger partial charge in [0.2, 0.25) is 0 Å². The van der Waals surface area contributed by atoms with Crippen LogP contribution in [0.15, 0.2) is 42.0 Å². The van der Waals surface area contributed by atoms with Crippen molar-refractivity contribution in [2.24, 2.45) is 5.92 Å². The SMILES string of the molecule is CC(C)C(=Cc1ccc(-c2ccc(F)cc2)s1)CO. The number of aliphatic hydroxyl groups is 1. The molecule has 0 aliphatic rings. The molecular weight excluding hydrogens is 259 g/mol. The molecule has 0 atom stereocenters. The van der Waals surface area contributed by atoms with Gasteiger partial charge in [0, 0.05) is 9.75 Å². The maximum Gasteiger partial charge on any atom is 0.123 e. The lowest BCUT2D eigenvalue weighted by molar-refractivity contribution is 0.320. The first kappa shape index (κ1) is 14.0. The molecule has 1 aromatic carbocycles. The molecule has 1 nitrogen and oxygen atoms in total. The van der Waals surface area contributed by atoms with E-state index >= 15 is 0 Å². The van der Waals surface area contributed by atoms with Crippen molar-refractivity contribution >= 4 is 17.4 Å². The van der Waals surface area contributed by atoms with Crippen molar-refractivity contribution in [3.8, 4) is 10.4 Å². The highest BCUT2D eigenvalue weighted by atomic mass is 32.1. The van der Waals surface area contributed by atoms with Gasteiger partial charge in [0.25, 0.3) is 0 Å². The molecule has 2 aromatic rings. The van der Waals surface area contributed by atoms with Gasteiger partial charge in [0.1, 0.15) is 5.82 Å². The highest BCUT2D eigenvalue weighted by molar-refractivity contribution is 7.16. The zero-order chi connectivity index (χ0) is 13.8. The first-order valence-corrected chi connectivity index (χ1v) is 7.09. The quantitative estimate of drug-likeness (QED) is 0.866. The van der Waals surface area contributed by atoms with Crippen molar-refractivity contribution in [2.45, 2.75) is 13.8 Å². The summed E-state index contributed by atoms with van der Waals surface area (Å²) < 4.78 is 12.9. The zero-order valence-corrected chi connectivity index (χ0v) is 11.9. The van der Waals surface area contributed by atoms with Gasteiger partial charge in [-0.25, -0.2) is 4.39 Å². The van der Waals surface area contributed by atoms with Gasteiger partial charge in [-0.1, -0.05) is 26.0 Å². The van der Waals surface area contributed by atoms with Gasteiger partial charge in [-0.15, -0.1) is 11.3 Å². The van der Waals surface area contributed by atoms with Crippen molar-refractivity contribution in [3.63, 3.8) is 0 Å². The molecule has 0 saturated heterocycles. The van der Waals surface area contributed by atoms with Gasteiger partial charge in [-0.05, 0) is 47.4 Å². The van der Waals surface area contributed by atoms with Crippen LogP contribution >= 0.6 is 11.3 Å². The molecule has 0 amide bonds. The predicted molar refractivity (Wildman–Crippen MR) is 79.6 cm³/mol. The summed E-state index contributed by atoms with van der Waals surface area (Å²) in [5, 5.41) is 9.31. The number of rotatable bonds is 4. The minimum atomic E-state index is -0.220. The summed E-state index contributed by atoms with van der Waals surface area (Å²) in [6.07, 6.45) is 2.03. The van der Waals surface area contributed by atoms with Gasteiger partial charge in [-0.2, -0.15) is 0 Å². The van der Waals surface area contributed by atoms with Crippen LogP contribution in [0.1, 0.15) is 18.7 Å². The fourth-order valence-electron chi connectivity index (χ4n) is 1.78. The van der Waals surface area contributed by atoms with E-state index in [0.29, 0.717) is 5.92 Å². The fourth-order valence-corrected chi connectivity index (χ4v) is 2.77. The van der Waals surface area contributed by atoms with Crippen LogP contribution in [0.3, 0.4) is 0 Å². The number of thiophene rings is 1. The Morgan fingerprint density at radius 3 is 2.47 bits per heavy atom. The average molecular weight is 276 g/mol. The van der Waals surface area contributed by atoms with Gasteiger partial charge in [0.15, 0.2) is 0 Å². The number of benzene rings is 1. The Morgan fingerprint density at radius 2 is 1.89 bits per heavy atom. The molecule has 100 valence electrons. The number of aliphatic hydroxyl groups excluding tert-OH is 1. The molecule has 1 N–H and O–H groups in total. The number of hydrogen-bond donors (Lipinski definition) is 1. The summed E-state index contributed by atoms with van der Waals surface area (Å²) in [6, 6.07) is 10.6. The van der Waals surface area contributed by atoms with E-state index < -0.39 is 0 Å². The lowest BCUT2D eigenvalue weighted by Crippen LogP contribution is -1.98. The van der Waals surface area contributed by atoms with Crippen molar-refractivity contribution in [1.29, 1.82) is 0 Å². The standard InChI is InChI=1S/C16H17FOS/c1-11(2)13(10-18)9-15-7-8-16(19-15)12-3-5-14(17)6-4-12/h3-9,11,18H,10H2,1-2H3. The van der Waals surface area contributed by atoms with Crippen molar-refractivity contribution in [3.05, 3.63) is 52.7 Å². The Hall–Kier alpha value is -1.45. The second kappa shape index (κ2) is 6.13. The van der Waals surface area contributed by atoms with Crippen LogP contribution in [0.2, 0.25) is 0 Å². The van der Waals surface area contributed by atoms with Crippen molar-refractivity contribution in [1.82, 2.24) is 0 Å². The summed E-state index contributed by atoms with van der Waals surface area (Å²) in [5.74, 6) is 0.115. The molecule has 0 aliphatic heterocycles. The van der Waals surface area contributed by atoms with Gasteiger partial charge in [0.05, 0.1) is 6.61 Å². The molecule has 19 heavy (non-hydrogen) atoms. The van der Waals surface area contributed by atoms with Gasteiger partial charge in [-0.3, -0.25) is 0 Å². The molecule has 1 aromatic heterocycles. The smallest absolute Gasteiger partial charge is 0.123 e. The lowest BCUT2D eigenvalue weighted by Gasteiger charge is -2.06. The Balaban J connectivity index is 2.26. The van der Waals surface area contributed by atoms with Gasteiger partial charge < -0.3 is 5.11 Å². The van der Waals surface area contributed by atoms with E-state index in [4.69, 9.17) is 0 Å². The van der Waals surface area contributed by atoms with Crippen LogP contribution in [0.4, 0.5) is 4.39 Å². The molecule has 0 radical (unpaired) electrons. The molecule has 1 heterocycles. The summed E-state index contributed by atoms with van der Waals surface area (Å²) >= 11 is 1.64. The summed E-state index contributed by atoms with van der Waals surface area (Å²) in [5.41, 5.74) is 2.04. The highest BCUT2D eigenvalue weighted by Gasteiger charge is 2.05. The van der Waals surface area contributed by atoms with E-state index in [2.05, 4.69) is 13.8 Å². The van der Waals surface area contributed by atoms with Crippen LogP contribution in [0.5, 0.6) is 0 Å². The Morgan fingerprint density at radius 1 is 1.21 bits per heavy atom. The molecule has 0 saturated carbocycles. The molecular formula is C16H17FOS. The Bertz CT molecular complexity index is 567. The summed E-state index contributed by atoms with van der Waals surface area (Å²) in [7, 11) is 0. The third-order valence-corrected chi connectivity index (χ3v) is 4.09. The lowest BCUT2D eigenvalue weighted by atomic mass is 10.0.